The lowest BCUT2D eigenvalue weighted by atomic mass is 10.3. The fourth-order valence-electron chi connectivity index (χ4n) is 1.06. The molecular weight excluding hydrogens is 230 g/mol. The molecule has 0 saturated carbocycles. The predicted octanol–water partition coefficient (Wildman–Crippen LogP) is -0.574. The summed E-state index contributed by atoms with van der Waals surface area (Å²) in [7, 11) is -3.11. The first-order chi connectivity index (χ1) is 7.47. The molecule has 0 atom stereocenters. The molecule has 6 nitrogen and oxygen atoms in total. The molecule has 0 aliphatic rings. The van der Waals surface area contributed by atoms with Gasteiger partial charge >= 0.3 is 0 Å². The van der Waals surface area contributed by atoms with Crippen molar-refractivity contribution in [3.8, 4) is 5.75 Å². The number of aromatic hydroxyl groups is 1. The van der Waals surface area contributed by atoms with Crippen molar-refractivity contribution in [2.24, 2.45) is 0 Å². The van der Waals surface area contributed by atoms with Crippen molar-refractivity contribution >= 4 is 10.0 Å². The molecule has 1 aromatic heterocycles. The summed E-state index contributed by atoms with van der Waals surface area (Å²) in [6, 6.07) is 3.26. The van der Waals surface area contributed by atoms with E-state index in [1.807, 2.05) is 0 Å². The Balaban J connectivity index is 2.19. The molecule has 1 aromatic rings. The monoisotopic (exact) mass is 245 g/mol. The van der Waals surface area contributed by atoms with E-state index in [9.17, 15) is 8.42 Å². The summed E-state index contributed by atoms with van der Waals surface area (Å²) in [5.41, 5.74) is 0.789. The van der Waals surface area contributed by atoms with Crippen LogP contribution in [0.5, 0.6) is 5.75 Å². The molecule has 0 bridgehead atoms. The first kappa shape index (κ1) is 12.9. The van der Waals surface area contributed by atoms with Crippen LogP contribution in [0.25, 0.3) is 0 Å². The third-order valence-electron chi connectivity index (χ3n) is 1.78. The lowest BCUT2D eigenvalue weighted by Gasteiger charge is -2.04. The Bertz CT molecular complexity index is 416. The van der Waals surface area contributed by atoms with Gasteiger partial charge in [0.2, 0.25) is 10.0 Å². The fourth-order valence-corrected chi connectivity index (χ4v) is 1.54. The summed E-state index contributed by atoms with van der Waals surface area (Å²) in [5.74, 6) is 0.127. The van der Waals surface area contributed by atoms with E-state index in [1.54, 1.807) is 12.1 Å². The molecule has 0 unspecified atom stereocenters. The number of nitrogens with zero attached hydrogens (tertiary/aromatic N) is 1. The van der Waals surface area contributed by atoms with E-state index in [2.05, 4.69) is 15.0 Å². The number of aromatic nitrogens is 1. The Kier molecular flexibility index (Phi) is 4.66. The maximum Gasteiger partial charge on any atom is 0.208 e. The number of rotatable bonds is 6. The smallest absolute Gasteiger partial charge is 0.208 e. The number of pyridine rings is 1. The van der Waals surface area contributed by atoms with Crippen LogP contribution in [0.2, 0.25) is 0 Å². The highest BCUT2D eigenvalue weighted by Crippen LogP contribution is 2.05. The van der Waals surface area contributed by atoms with Gasteiger partial charge in [0.05, 0.1) is 18.1 Å². The molecule has 0 aliphatic heterocycles. The van der Waals surface area contributed by atoms with Gasteiger partial charge in [0.25, 0.3) is 0 Å². The van der Waals surface area contributed by atoms with Crippen LogP contribution in [0.4, 0.5) is 0 Å². The molecule has 0 saturated heterocycles. The Hall–Kier alpha value is -1.18. The SMILES string of the molecule is CS(=O)(=O)NCCNCc1ccc(O)cn1. The third-order valence-corrected chi connectivity index (χ3v) is 2.51. The molecule has 1 heterocycles. The second-order valence-electron chi connectivity index (χ2n) is 3.35. The number of sulfonamides is 1. The van der Waals surface area contributed by atoms with E-state index in [4.69, 9.17) is 5.11 Å². The minimum absolute atomic E-state index is 0.127. The van der Waals surface area contributed by atoms with Gasteiger partial charge in [-0.05, 0) is 12.1 Å². The van der Waals surface area contributed by atoms with Gasteiger partial charge in [0, 0.05) is 19.6 Å². The van der Waals surface area contributed by atoms with Crippen LogP contribution in [0.15, 0.2) is 18.3 Å². The van der Waals surface area contributed by atoms with Crippen LogP contribution < -0.4 is 10.0 Å². The Labute approximate surface area is 94.8 Å². The van der Waals surface area contributed by atoms with E-state index in [0.717, 1.165) is 11.9 Å². The molecule has 0 fully saturated rings. The highest BCUT2D eigenvalue weighted by molar-refractivity contribution is 7.88. The minimum atomic E-state index is -3.11. The highest BCUT2D eigenvalue weighted by atomic mass is 32.2. The number of hydrogen-bond acceptors (Lipinski definition) is 5. The Morgan fingerprint density at radius 1 is 1.38 bits per heavy atom. The summed E-state index contributed by atoms with van der Waals surface area (Å²) in [6.07, 6.45) is 2.49. The third kappa shape index (κ3) is 5.64. The molecule has 0 aliphatic carbocycles. The molecular formula is C9H15N3O3S. The zero-order valence-electron chi connectivity index (χ0n) is 8.97. The van der Waals surface area contributed by atoms with Crippen LogP contribution in [-0.2, 0) is 16.6 Å². The molecule has 90 valence electrons. The predicted molar refractivity (Wildman–Crippen MR) is 60.5 cm³/mol. The zero-order chi connectivity index (χ0) is 12.0. The highest BCUT2D eigenvalue weighted by Gasteiger charge is 1.98. The standard InChI is InChI=1S/C9H15N3O3S/c1-16(14,15)12-5-4-10-6-8-2-3-9(13)7-11-8/h2-3,7,10,12-13H,4-6H2,1H3. The summed E-state index contributed by atoms with van der Waals surface area (Å²) >= 11 is 0. The maximum atomic E-state index is 10.7. The van der Waals surface area contributed by atoms with E-state index < -0.39 is 10.0 Å². The van der Waals surface area contributed by atoms with Crippen LogP contribution in [-0.4, -0.2) is 37.9 Å². The van der Waals surface area contributed by atoms with Crippen LogP contribution in [0.1, 0.15) is 5.69 Å². The molecule has 0 aromatic carbocycles. The number of nitrogens with one attached hydrogen (secondary N) is 2. The normalized spacial score (nSPS) is 11.6. The van der Waals surface area contributed by atoms with Gasteiger partial charge in [0.15, 0.2) is 0 Å². The van der Waals surface area contributed by atoms with Gasteiger partial charge in [-0.3, -0.25) is 4.98 Å². The molecule has 3 N–H and O–H groups in total. The zero-order valence-corrected chi connectivity index (χ0v) is 9.79. The second-order valence-corrected chi connectivity index (χ2v) is 5.18. The molecule has 0 amide bonds. The summed E-state index contributed by atoms with van der Waals surface area (Å²) in [5, 5.41) is 12.0. The lowest BCUT2D eigenvalue weighted by Crippen LogP contribution is -2.30. The van der Waals surface area contributed by atoms with Crippen LogP contribution in [0, 0.1) is 0 Å². The van der Waals surface area contributed by atoms with Crippen LogP contribution in [0.3, 0.4) is 0 Å². The van der Waals surface area contributed by atoms with Gasteiger partial charge in [-0.1, -0.05) is 0 Å². The summed E-state index contributed by atoms with van der Waals surface area (Å²) in [4.78, 5) is 3.97. The number of hydrogen-bond donors (Lipinski definition) is 3. The van der Waals surface area contributed by atoms with E-state index in [1.165, 1.54) is 6.20 Å². The van der Waals surface area contributed by atoms with Crippen molar-refractivity contribution in [1.82, 2.24) is 15.0 Å². The lowest BCUT2D eigenvalue weighted by molar-refractivity contribution is 0.471. The summed E-state index contributed by atoms with van der Waals surface area (Å²) in [6.45, 7) is 1.40. The second kappa shape index (κ2) is 5.78. The van der Waals surface area contributed by atoms with Crippen molar-refractivity contribution in [2.45, 2.75) is 6.54 Å². The minimum Gasteiger partial charge on any atom is -0.506 e. The van der Waals surface area contributed by atoms with Crippen molar-refractivity contribution in [2.75, 3.05) is 19.3 Å². The topological polar surface area (TPSA) is 91.3 Å². The van der Waals surface area contributed by atoms with Crippen molar-refractivity contribution in [3.05, 3.63) is 24.0 Å². The average Bonchev–Trinajstić information content (AvgIpc) is 2.19. The average molecular weight is 245 g/mol. The molecule has 1 rings (SSSR count). The quantitative estimate of drug-likeness (QED) is 0.584. The molecule has 0 radical (unpaired) electrons. The molecule has 16 heavy (non-hydrogen) atoms. The molecule has 0 spiro atoms. The first-order valence-electron chi connectivity index (χ1n) is 4.76. The van der Waals surface area contributed by atoms with Crippen molar-refractivity contribution in [3.63, 3.8) is 0 Å². The van der Waals surface area contributed by atoms with Gasteiger partial charge in [-0.25, -0.2) is 13.1 Å². The van der Waals surface area contributed by atoms with E-state index in [-0.39, 0.29) is 5.75 Å². The van der Waals surface area contributed by atoms with E-state index >= 15 is 0 Å². The van der Waals surface area contributed by atoms with Gasteiger partial charge < -0.3 is 10.4 Å². The van der Waals surface area contributed by atoms with Gasteiger partial charge in [-0.2, -0.15) is 0 Å². The fraction of sp³-hybridized carbons (Fsp3) is 0.444. The van der Waals surface area contributed by atoms with Crippen molar-refractivity contribution in [1.29, 1.82) is 0 Å². The largest absolute Gasteiger partial charge is 0.506 e. The maximum absolute atomic E-state index is 10.7. The van der Waals surface area contributed by atoms with Crippen molar-refractivity contribution < 1.29 is 13.5 Å². The molecule has 7 heteroatoms. The Morgan fingerprint density at radius 2 is 2.12 bits per heavy atom. The van der Waals surface area contributed by atoms with Gasteiger partial charge in [-0.15, -0.1) is 0 Å². The van der Waals surface area contributed by atoms with Crippen LogP contribution >= 0.6 is 0 Å². The first-order valence-corrected chi connectivity index (χ1v) is 6.66. The van der Waals surface area contributed by atoms with Gasteiger partial charge in [0.1, 0.15) is 5.75 Å². The Morgan fingerprint density at radius 3 is 2.69 bits per heavy atom. The summed E-state index contributed by atoms with van der Waals surface area (Å²) < 4.78 is 23.8. The van der Waals surface area contributed by atoms with E-state index in [0.29, 0.717) is 19.6 Å².